The largest absolute Gasteiger partial charge is 0.281 e. The van der Waals surface area contributed by atoms with Gasteiger partial charge in [-0.05, 0) is 41.9 Å². The van der Waals surface area contributed by atoms with Gasteiger partial charge in [-0.25, -0.2) is 12.8 Å². The summed E-state index contributed by atoms with van der Waals surface area (Å²) in [7, 11) is -3.50. The second kappa shape index (κ2) is 4.89. The van der Waals surface area contributed by atoms with Crippen molar-refractivity contribution >= 4 is 43.2 Å². The Morgan fingerprint density at radius 1 is 1.44 bits per heavy atom. The Balaban J connectivity index is 3.17. The highest BCUT2D eigenvalue weighted by Crippen LogP contribution is 2.32. The van der Waals surface area contributed by atoms with Crippen molar-refractivity contribution in [1.29, 1.82) is 0 Å². The Morgan fingerprint density at radius 3 is 2.44 bits per heavy atom. The molecule has 0 saturated carbocycles. The Labute approximate surface area is 107 Å². The maximum Gasteiger partial charge on any atom is 0.235 e. The third kappa shape index (κ3) is 3.09. The SMILES string of the molecule is CC(C)S(=O)(=O)Nc1c(Cl)cc(F)cc1Br. The summed E-state index contributed by atoms with van der Waals surface area (Å²) in [6, 6.07) is 2.19. The van der Waals surface area contributed by atoms with E-state index in [1.54, 1.807) is 0 Å². The molecular weight excluding hydrogens is 321 g/mol. The van der Waals surface area contributed by atoms with Crippen LogP contribution < -0.4 is 4.72 Å². The van der Waals surface area contributed by atoms with Gasteiger partial charge in [0.05, 0.1) is 16.0 Å². The van der Waals surface area contributed by atoms with Crippen LogP contribution in [0.2, 0.25) is 5.02 Å². The zero-order valence-electron chi connectivity index (χ0n) is 8.59. The lowest BCUT2D eigenvalue weighted by Crippen LogP contribution is -2.22. The van der Waals surface area contributed by atoms with E-state index in [9.17, 15) is 12.8 Å². The Kier molecular flexibility index (Phi) is 4.20. The summed E-state index contributed by atoms with van der Waals surface area (Å²) >= 11 is 8.80. The lowest BCUT2D eigenvalue weighted by Gasteiger charge is -2.13. The molecule has 1 aromatic rings. The number of hydrogen-bond donors (Lipinski definition) is 1. The average molecular weight is 331 g/mol. The molecule has 16 heavy (non-hydrogen) atoms. The van der Waals surface area contributed by atoms with Gasteiger partial charge in [-0.1, -0.05) is 11.6 Å². The molecule has 0 aliphatic heterocycles. The van der Waals surface area contributed by atoms with Crippen LogP contribution in [0.5, 0.6) is 0 Å². The maximum atomic E-state index is 12.9. The van der Waals surface area contributed by atoms with Gasteiger partial charge < -0.3 is 0 Å². The summed E-state index contributed by atoms with van der Waals surface area (Å²) < 4.78 is 38.7. The normalized spacial score (nSPS) is 11.9. The van der Waals surface area contributed by atoms with Crippen molar-refractivity contribution in [3.63, 3.8) is 0 Å². The van der Waals surface area contributed by atoms with E-state index in [0.717, 1.165) is 12.1 Å². The van der Waals surface area contributed by atoms with Gasteiger partial charge in [0.2, 0.25) is 10.0 Å². The van der Waals surface area contributed by atoms with Crippen LogP contribution in [0.1, 0.15) is 13.8 Å². The van der Waals surface area contributed by atoms with E-state index in [1.165, 1.54) is 13.8 Å². The van der Waals surface area contributed by atoms with Gasteiger partial charge in [-0.2, -0.15) is 0 Å². The van der Waals surface area contributed by atoms with Crippen LogP contribution in [-0.2, 0) is 10.0 Å². The molecule has 0 saturated heterocycles. The van der Waals surface area contributed by atoms with Crippen LogP contribution in [0.15, 0.2) is 16.6 Å². The molecule has 0 fully saturated rings. The lowest BCUT2D eigenvalue weighted by atomic mass is 10.3. The highest BCUT2D eigenvalue weighted by molar-refractivity contribution is 9.10. The minimum Gasteiger partial charge on any atom is -0.281 e. The van der Waals surface area contributed by atoms with Gasteiger partial charge in [0.15, 0.2) is 0 Å². The van der Waals surface area contributed by atoms with Crippen LogP contribution in [0, 0.1) is 5.82 Å². The molecule has 0 atom stereocenters. The molecule has 0 aromatic heterocycles. The first-order valence-corrected chi connectivity index (χ1v) is 7.12. The van der Waals surface area contributed by atoms with Gasteiger partial charge in [0, 0.05) is 4.47 Å². The predicted octanol–water partition coefficient (Wildman–Crippen LogP) is 3.39. The monoisotopic (exact) mass is 329 g/mol. The third-order valence-corrected chi connectivity index (χ3v) is 4.53. The second-order valence-corrected chi connectivity index (χ2v) is 6.94. The van der Waals surface area contributed by atoms with E-state index in [2.05, 4.69) is 20.7 Å². The average Bonchev–Trinajstić information content (AvgIpc) is 2.11. The molecule has 0 amide bonds. The zero-order valence-corrected chi connectivity index (χ0v) is 11.7. The molecule has 0 heterocycles. The second-order valence-electron chi connectivity index (χ2n) is 3.44. The molecular formula is C9H10BrClFNO2S. The van der Waals surface area contributed by atoms with E-state index < -0.39 is 21.1 Å². The van der Waals surface area contributed by atoms with Gasteiger partial charge in [-0.3, -0.25) is 4.72 Å². The smallest absolute Gasteiger partial charge is 0.235 e. The highest BCUT2D eigenvalue weighted by Gasteiger charge is 2.19. The minimum atomic E-state index is -3.50. The summed E-state index contributed by atoms with van der Waals surface area (Å²) in [6.07, 6.45) is 0. The highest BCUT2D eigenvalue weighted by atomic mass is 79.9. The van der Waals surface area contributed by atoms with Crippen molar-refractivity contribution in [2.24, 2.45) is 0 Å². The maximum absolute atomic E-state index is 12.9. The van der Waals surface area contributed by atoms with Crippen molar-refractivity contribution < 1.29 is 12.8 Å². The standard InChI is InChI=1S/C9H10BrClFNO2S/c1-5(2)16(14,15)13-9-7(10)3-6(12)4-8(9)11/h3-5,13H,1-2H3. The first-order chi connectivity index (χ1) is 7.24. The van der Waals surface area contributed by atoms with E-state index in [4.69, 9.17) is 11.6 Å². The molecule has 0 unspecified atom stereocenters. The summed E-state index contributed by atoms with van der Waals surface area (Å²) in [4.78, 5) is 0. The van der Waals surface area contributed by atoms with Gasteiger partial charge >= 0.3 is 0 Å². The van der Waals surface area contributed by atoms with Crippen molar-refractivity contribution in [1.82, 2.24) is 0 Å². The van der Waals surface area contributed by atoms with Crippen LogP contribution >= 0.6 is 27.5 Å². The summed E-state index contributed by atoms with van der Waals surface area (Å²) in [5.74, 6) is -0.538. The fourth-order valence-corrected chi connectivity index (χ4v) is 2.73. The van der Waals surface area contributed by atoms with Crippen molar-refractivity contribution in [2.45, 2.75) is 19.1 Å². The molecule has 1 aromatic carbocycles. The Hall–Kier alpha value is -0.330. The Morgan fingerprint density at radius 2 is 2.00 bits per heavy atom. The first kappa shape index (κ1) is 13.7. The fourth-order valence-electron chi connectivity index (χ4n) is 0.900. The predicted molar refractivity (Wildman–Crippen MR) is 66.8 cm³/mol. The number of nitrogens with one attached hydrogen (secondary N) is 1. The van der Waals surface area contributed by atoms with Crippen molar-refractivity contribution in [3.8, 4) is 0 Å². The van der Waals surface area contributed by atoms with Crippen LogP contribution in [0.25, 0.3) is 0 Å². The summed E-state index contributed by atoms with van der Waals surface area (Å²) in [6.45, 7) is 3.07. The summed E-state index contributed by atoms with van der Waals surface area (Å²) in [5, 5.41) is -0.586. The number of benzene rings is 1. The Bertz CT molecular complexity index is 481. The summed E-state index contributed by atoms with van der Waals surface area (Å²) in [5.41, 5.74) is 0.150. The number of rotatable bonds is 3. The van der Waals surface area contributed by atoms with Crippen molar-refractivity contribution in [3.05, 3.63) is 27.4 Å². The molecule has 0 spiro atoms. The van der Waals surface area contributed by atoms with Crippen LogP contribution in [-0.4, -0.2) is 13.7 Å². The number of hydrogen-bond acceptors (Lipinski definition) is 2. The van der Waals surface area contributed by atoms with Crippen LogP contribution in [0.4, 0.5) is 10.1 Å². The van der Waals surface area contributed by atoms with Gasteiger partial charge in [0.25, 0.3) is 0 Å². The molecule has 0 aliphatic rings. The number of halogens is 3. The van der Waals surface area contributed by atoms with Gasteiger partial charge in [0.1, 0.15) is 5.82 Å². The van der Waals surface area contributed by atoms with E-state index in [1.807, 2.05) is 0 Å². The number of sulfonamides is 1. The first-order valence-electron chi connectivity index (χ1n) is 4.40. The fraction of sp³-hybridized carbons (Fsp3) is 0.333. The van der Waals surface area contributed by atoms with E-state index >= 15 is 0 Å². The molecule has 0 bridgehead atoms. The third-order valence-electron chi connectivity index (χ3n) is 1.87. The zero-order chi connectivity index (χ0) is 12.5. The number of anilines is 1. The van der Waals surface area contributed by atoms with Crippen molar-refractivity contribution in [2.75, 3.05) is 4.72 Å². The molecule has 0 radical (unpaired) electrons. The molecule has 7 heteroatoms. The molecule has 3 nitrogen and oxygen atoms in total. The van der Waals surface area contributed by atoms with E-state index in [-0.39, 0.29) is 15.2 Å². The molecule has 0 aliphatic carbocycles. The molecule has 90 valence electrons. The topological polar surface area (TPSA) is 46.2 Å². The quantitative estimate of drug-likeness (QED) is 0.923. The van der Waals surface area contributed by atoms with Crippen LogP contribution in [0.3, 0.4) is 0 Å². The van der Waals surface area contributed by atoms with E-state index in [0.29, 0.717) is 0 Å². The molecule has 1 N–H and O–H groups in total. The molecule has 1 rings (SSSR count). The van der Waals surface area contributed by atoms with Gasteiger partial charge in [-0.15, -0.1) is 0 Å². The lowest BCUT2D eigenvalue weighted by molar-refractivity contribution is 0.592. The minimum absolute atomic E-state index is 0.0103.